The van der Waals surface area contributed by atoms with E-state index in [1.54, 1.807) is 6.07 Å². The van der Waals surface area contributed by atoms with Gasteiger partial charge in [0.25, 0.3) is 0 Å². The SMILES string of the molecule is O=C(Cn1nnc(-c2ccccc2)n1)Nc1ccccc1OC(F)F. The fourth-order valence-electron chi connectivity index (χ4n) is 2.10. The quantitative estimate of drug-likeness (QED) is 0.742. The third-order valence-corrected chi connectivity index (χ3v) is 3.15. The number of aromatic nitrogens is 4. The number of hydrogen-bond acceptors (Lipinski definition) is 5. The largest absolute Gasteiger partial charge is 0.433 e. The number of anilines is 1. The third kappa shape index (κ3) is 4.34. The van der Waals surface area contributed by atoms with Gasteiger partial charge < -0.3 is 10.1 Å². The topological polar surface area (TPSA) is 81.9 Å². The first-order chi connectivity index (χ1) is 12.1. The van der Waals surface area contributed by atoms with E-state index in [4.69, 9.17) is 0 Å². The van der Waals surface area contributed by atoms with E-state index in [0.717, 1.165) is 10.4 Å². The zero-order chi connectivity index (χ0) is 17.6. The van der Waals surface area contributed by atoms with Gasteiger partial charge in [-0.1, -0.05) is 42.5 Å². The third-order valence-electron chi connectivity index (χ3n) is 3.15. The number of rotatable bonds is 6. The van der Waals surface area contributed by atoms with Crippen molar-refractivity contribution in [1.82, 2.24) is 20.2 Å². The second-order valence-corrected chi connectivity index (χ2v) is 4.93. The maximum absolute atomic E-state index is 12.4. The average molecular weight is 345 g/mol. The molecule has 0 unspecified atom stereocenters. The summed E-state index contributed by atoms with van der Waals surface area (Å²) in [5, 5.41) is 14.3. The van der Waals surface area contributed by atoms with Crippen LogP contribution >= 0.6 is 0 Å². The minimum absolute atomic E-state index is 0.123. The molecule has 1 aromatic heterocycles. The van der Waals surface area contributed by atoms with Crippen molar-refractivity contribution in [1.29, 1.82) is 0 Å². The number of alkyl halides is 2. The van der Waals surface area contributed by atoms with Gasteiger partial charge in [0.1, 0.15) is 12.3 Å². The first-order valence-electron chi connectivity index (χ1n) is 7.29. The Labute approximate surface area is 141 Å². The molecule has 128 valence electrons. The van der Waals surface area contributed by atoms with Gasteiger partial charge in [-0.2, -0.15) is 13.6 Å². The highest BCUT2D eigenvalue weighted by Crippen LogP contribution is 2.25. The lowest BCUT2D eigenvalue weighted by Crippen LogP contribution is -2.21. The van der Waals surface area contributed by atoms with Crippen LogP contribution < -0.4 is 10.1 Å². The van der Waals surface area contributed by atoms with Gasteiger partial charge in [0.15, 0.2) is 0 Å². The van der Waals surface area contributed by atoms with Gasteiger partial charge in [0.05, 0.1) is 5.69 Å². The number of tetrazole rings is 1. The molecular weight excluding hydrogens is 332 g/mol. The number of nitrogens with one attached hydrogen (secondary N) is 1. The van der Waals surface area contributed by atoms with Gasteiger partial charge in [-0.05, 0) is 17.3 Å². The van der Waals surface area contributed by atoms with Crippen LogP contribution in [-0.2, 0) is 11.3 Å². The first kappa shape index (κ1) is 16.5. The van der Waals surface area contributed by atoms with E-state index in [2.05, 4.69) is 25.5 Å². The van der Waals surface area contributed by atoms with E-state index in [1.165, 1.54) is 18.2 Å². The molecule has 0 fully saturated rings. The van der Waals surface area contributed by atoms with Crippen molar-refractivity contribution in [3.8, 4) is 17.1 Å². The van der Waals surface area contributed by atoms with Crippen LogP contribution in [0.15, 0.2) is 54.6 Å². The minimum Gasteiger partial charge on any atom is -0.433 e. The number of benzene rings is 2. The minimum atomic E-state index is -2.98. The maximum Gasteiger partial charge on any atom is 0.387 e. The zero-order valence-corrected chi connectivity index (χ0v) is 12.8. The van der Waals surface area contributed by atoms with Crippen LogP contribution in [0.2, 0.25) is 0 Å². The number of ether oxygens (including phenoxy) is 1. The van der Waals surface area contributed by atoms with E-state index >= 15 is 0 Å². The summed E-state index contributed by atoms with van der Waals surface area (Å²) in [5.41, 5.74) is 0.904. The van der Waals surface area contributed by atoms with Crippen LogP contribution in [0.1, 0.15) is 0 Å². The van der Waals surface area contributed by atoms with Crippen LogP contribution in [0.25, 0.3) is 11.4 Å². The van der Waals surface area contributed by atoms with Crippen molar-refractivity contribution in [2.24, 2.45) is 0 Å². The molecule has 0 aliphatic heterocycles. The number of carbonyl (C=O) groups is 1. The summed E-state index contributed by atoms with van der Waals surface area (Å²) in [6.07, 6.45) is 0. The first-order valence-corrected chi connectivity index (χ1v) is 7.29. The molecule has 0 atom stereocenters. The second kappa shape index (κ2) is 7.47. The van der Waals surface area contributed by atoms with Gasteiger partial charge in [0, 0.05) is 5.56 Å². The predicted molar refractivity (Wildman–Crippen MR) is 85.0 cm³/mol. The number of carbonyl (C=O) groups excluding carboxylic acids is 1. The van der Waals surface area contributed by atoms with Gasteiger partial charge in [-0.25, -0.2) is 0 Å². The Bertz CT molecular complexity index is 854. The highest BCUT2D eigenvalue weighted by Gasteiger charge is 2.13. The Morgan fingerprint density at radius 2 is 1.84 bits per heavy atom. The molecule has 0 spiro atoms. The molecule has 2 aromatic carbocycles. The molecular formula is C16H13F2N5O2. The van der Waals surface area contributed by atoms with Crippen LogP contribution in [0.3, 0.4) is 0 Å². The molecule has 1 amide bonds. The van der Waals surface area contributed by atoms with Gasteiger partial charge >= 0.3 is 6.61 Å². The zero-order valence-electron chi connectivity index (χ0n) is 12.8. The summed E-state index contributed by atoms with van der Waals surface area (Å²) in [6.45, 7) is -3.20. The molecule has 0 saturated carbocycles. The van der Waals surface area contributed by atoms with Gasteiger partial charge in [-0.15, -0.1) is 10.2 Å². The Balaban J connectivity index is 1.67. The van der Waals surface area contributed by atoms with Gasteiger partial charge in [-0.3, -0.25) is 4.79 Å². The van der Waals surface area contributed by atoms with E-state index < -0.39 is 12.5 Å². The molecule has 9 heteroatoms. The van der Waals surface area contributed by atoms with E-state index in [-0.39, 0.29) is 18.0 Å². The summed E-state index contributed by atoms with van der Waals surface area (Å²) < 4.78 is 29.1. The van der Waals surface area contributed by atoms with Crippen molar-refractivity contribution in [3.05, 3.63) is 54.6 Å². The lowest BCUT2D eigenvalue weighted by atomic mass is 10.2. The number of amides is 1. The van der Waals surface area contributed by atoms with Crippen molar-refractivity contribution < 1.29 is 18.3 Å². The highest BCUT2D eigenvalue weighted by atomic mass is 19.3. The molecule has 0 aliphatic carbocycles. The number of nitrogens with zero attached hydrogens (tertiary/aromatic N) is 4. The normalized spacial score (nSPS) is 10.7. The Kier molecular flexibility index (Phi) is 4.93. The second-order valence-electron chi connectivity index (χ2n) is 4.93. The van der Waals surface area contributed by atoms with E-state index in [9.17, 15) is 13.6 Å². The monoisotopic (exact) mass is 345 g/mol. The lowest BCUT2D eigenvalue weighted by molar-refractivity contribution is -0.117. The fraction of sp³-hybridized carbons (Fsp3) is 0.125. The molecule has 3 aromatic rings. The van der Waals surface area contributed by atoms with E-state index in [1.807, 2.05) is 30.3 Å². The van der Waals surface area contributed by atoms with Crippen LogP contribution in [0, 0.1) is 0 Å². The fourth-order valence-corrected chi connectivity index (χ4v) is 2.10. The van der Waals surface area contributed by atoms with Crippen LogP contribution in [0.5, 0.6) is 5.75 Å². The lowest BCUT2D eigenvalue weighted by Gasteiger charge is -2.11. The molecule has 0 radical (unpaired) electrons. The molecule has 0 bridgehead atoms. The maximum atomic E-state index is 12.4. The standard InChI is InChI=1S/C16H13F2N5O2/c17-16(18)25-13-9-5-4-8-12(13)19-14(24)10-23-21-15(20-22-23)11-6-2-1-3-7-11/h1-9,16H,10H2,(H,19,24). The predicted octanol–water partition coefficient (Wildman–Crippen LogP) is 2.58. The Hall–Kier alpha value is -3.36. The Morgan fingerprint density at radius 3 is 2.60 bits per heavy atom. The van der Waals surface area contributed by atoms with Crippen LogP contribution in [0.4, 0.5) is 14.5 Å². The number of para-hydroxylation sites is 2. The molecule has 0 saturated heterocycles. The molecule has 3 rings (SSSR count). The summed E-state index contributed by atoms with van der Waals surface area (Å²) in [6, 6.07) is 15.1. The average Bonchev–Trinajstić information content (AvgIpc) is 3.05. The highest BCUT2D eigenvalue weighted by molar-refractivity contribution is 5.92. The summed E-state index contributed by atoms with van der Waals surface area (Å²) in [7, 11) is 0. The Morgan fingerprint density at radius 1 is 1.12 bits per heavy atom. The van der Waals surface area contributed by atoms with E-state index in [0.29, 0.717) is 5.82 Å². The van der Waals surface area contributed by atoms with Crippen molar-refractivity contribution in [2.45, 2.75) is 13.2 Å². The summed E-state index contributed by atoms with van der Waals surface area (Å²) in [5.74, 6) is -0.237. The van der Waals surface area contributed by atoms with Crippen molar-refractivity contribution in [3.63, 3.8) is 0 Å². The van der Waals surface area contributed by atoms with Crippen molar-refractivity contribution in [2.75, 3.05) is 5.32 Å². The van der Waals surface area contributed by atoms with Crippen molar-refractivity contribution >= 4 is 11.6 Å². The summed E-state index contributed by atoms with van der Waals surface area (Å²) in [4.78, 5) is 13.2. The number of hydrogen-bond donors (Lipinski definition) is 1. The summed E-state index contributed by atoms with van der Waals surface area (Å²) >= 11 is 0. The van der Waals surface area contributed by atoms with Gasteiger partial charge in [0.2, 0.25) is 11.7 Å². The molecule has 25 heavy (non-hydrogen) atoms. The number of halogens is 2. The molecule has 0 aliphatic rings. The van der Waals surface area contributed by atoms with Crippen LogP contribution in [-0.4, -0.2) is 32.7 Å². The molecule has 1 heterocycles. The smallest absolute Gasteiger partial charge is 0.387 e. The molecule has 1 N–H and O–H groups in total. The molecule has 7 nitrogen and oxygen atoms in total.